The monoisotopic (exact) mass is 338 g/mol. The molecule has 0 aromatic heterocycles. The summed E-state index contributed by atoms with van der Waals surface area (Å²) in [4.78, 5) is 24.2. The first-order valence-corrected chi connectivity index (χ1v) is 8.01. The number of para-hydroxylation sites is 1. The second kappa shape index (κ2) is 9.39. The Hall–Kier alpha value is -2.92. The summed E-state index contributed by atoms with van der Waals surface area (Å²) in [6.07, 6.45) is 3.12. The van der Waals surface area contributed by atoms with E-state index in [0.29, 0.717) is 12.3 Å². The maximum Gasteiger partial charge on any atom is 0.246 e. The molecule has 0 saturated carbocycles. The van der Waals surface area contributed by atoms with Gasteiger partial charge in [0, 0.05) is 24.4 Å². The summed E-state index contributed by atoms with van der Waals surface area (Å²) in [5, 5.41) is 5.47. The first kappa shape index (κ1) is 18.4. The normalized spacial score (nSPS) is 11.9. The van der Waals surface area contributed by atoms with E-state index in [4.69, 9.17) is 4.74 Å². The molecule has 130 valence electrons. The van der Waals surface area contributed by atoms with Crippen LogP contribution in [0.5, 0.6) is 0 Å². The van der Waals surface area contributed by atoms with Crippen molar-refractivity contribution in [3.05, 3.63) is 71.8 Å². The van der Waals surface area contributed by atoms with Gasteiger partial charge in [0.05, 0.1) is 6.61 Å². The van der Waals surface area contributed by atoms with E-state index >= 15 is 0 Å². The van der Waals surface area contributed by atoms with E-state index in [1.54, 1.807) is 26.2 Å². The van der Waals surface area contributed by atoms with Crippen LogP contribution >= 0.6 is 0 Å². The van der Waals surface area contributed by atoms with Crippen LogP contribution in [0.15, 0.2) is 60.7 Å². The lowest BCUT2D eigenvalue weighted by molar-refractivity contribution is -0.123. The van der Waals surface area contributed by atoms with Crippen molar-refractivity contribution >= 4 is 23.6 Å². The number of carbonyl (C=O) groups is 2. The summed E-state index contributed by atoms with van der Waals surface area (Å²) in [5.41, 5.74) is 2.47. The van der Waals surface area contributed by atoms with Crippen molar-refractivity contribution in [2.24, 2.45) is 0 Å². The summed E-state index contributed by atoms with van der Waals surface area (Å²) < 4.78 is 5.12. The molecule has 1 atom stereocenters. The summed E-state index contributed by atoms with van der Waals surface area (Å²) in [6, 6.07) is 16.2. The highest BCUT2D eigenvalue weighted by molar-refractivity contribution is 6.00. The number of carbonyl (C=O) groups excluding carboxylic acids is 2. The molecule has 0 heterocycles. The van der Waals surface area contributed by atoms with E-state index in [2.05, 4.69) is 10.6 Å². The lowest BCUT2D eigenvalue weighted by atomic mass is 10.1. The fourth-order valence-electron chi connectivity index (χ4n) is 2.23. The molecule has 0 spiro atoms. The largest absolute Gasteiger partial charge is 0.380 e. The summed E-state index contributed by atoms with van der Waals surface area (Å²) in [6.45, 7) is 2.04. The third kappa shape index (κ3) is 5.90. The van der Waals surface area contributed by atoms with E-state index in [-0.39, 0.29) is 11.8 Å². The summed E-state index contributed by atoms with van der Waals surface area (Å²) >= 11 is 0. The summed E-state index contributed by atoms with van der Waals surface area (Å²) in [7, 11) is 1.60. The molecule has 5 nitrogen and oxygen atoms in total. The van der Waals surface area contributed by atoms with Crippen molar-refractivity contribution in [3.63, 3.8) is 0 Å². The van der Waals surface area contributed by atoms with Gasteiger partial charge >= 0.3 is 0 Å². The minimum absolute atomic E-state index is 0.287. The van der Waals surface area contributed by atoms with Crippen LogP contribution < -0.4 is 10.6 Å². The van der Waals surface area contributed by atoms with Gasteiger partial charge in [-0.25, -0.2) is 0 Å². The Labute approximate surface area is 147 Å². The number of hydrogen-bond donors (Lipinski definition) is 2. The molecular weight excluding hydrogens is 316 g/mol. The van der Waals surface area contributed by atoms with Gasteiger partial charge in [-0.3, -0.25) is 9.59 Å². The summed E-state index contributed by atoms with van der Waals surface area (Å²) in [5.74, 6) is -0.610. The Kier molecular flexibility index (Phi) is 6.92. The SMILES string of the molecule is COCc1ccccc1NC(=O)C(C)NC(=O)C=Cc1ccccc1. The molecule has 5 heteroatoms. The second-order valence-electron chi connectivity index (χ2n) is 5.55. The van der Waals surface area contributed by atoms with Gasteiger partial charge in [-0.2, -0.15) is 0 Å². The van der Waals surface area contributed by atoms with Gasteiger partial charge in [-0.1, -0.05) is 48.5 Å². The highest BCUT2D eigenvalue weighted by Gasteiger charge is 2.15. The van der Waals surface area contributed by atoms with Gasteiger partial charge in [-0.05, 0) is 24.6 Å². The number of rotatable bonds is 7. The zero-order valence-corrected chi connectivity index (χ0v) is 14.4. The van der Waals surface area contributed by atoms with E-state index in [1.165, 1.54) is 6.08 Å². The smallest absolute Gasteiger partial charge is 0.246 e. The van der Waals surface area contributed by atoms with Gasteiger partial charge < -0.3 is 15.4 Å². The van der Waals surface area contributed by atoms with E-state index in [9.17, 15) is 9.59 Å². The predicted molar refractivity (Wildman–Crippen MR) is 98.9 cm³/mol. The third-order valence-corrected chi connectivity index (χ3v) is 3.55. The molecule has 0 aliphatic carbocycles. The van der Waals surface area contributed by atoms with Gasteiger partial charge in [0.2, 0.25) is 11.8 Å². The molecule has 25 heavy (non-hydrogen) atoms. The Balaban J connectivity index is 1.92. The molecule has 2 N–H and O–H groups in total. The number of amides is 2. The molecule has 0 fully saturated rings. The Morgan fingerprint density at radius 2 is 1.76 bits per heavy atom. The topological polar surface area (TPSA) is 67.4 Å². The second-order valence-corrected chi connectivity index (χ2v) is 5.55. The van der Waals surface area contributed by atoms with Crippen molar-refractivity contribution in [1.82, 2.24) is 5.32 Å². The molecule has 0 bridgehead atoms. The minimum atomic E-state index is -0.663. The molecule has 0 aliphatic heterocycles. The van der Waals surface area contributed by atoms with Crippen molar-refractivity contribution in [3.8, 4) is 0 Å². The van der Waals surface area contributed by atoms with Gasteiger partial charge in [0.15, 0.2) is 0 Å². The van der Waals surface area contributed by atoms with Gasteiger partial charge in [0.25, 0.3) is 0 Å². The van der Waals surface area contributed by atoms with Crippen LogP contribution in [-0.2, 0) is 20.9 Å². The lowest BCUT2D eigenvalue weighted by Crippen LogP contribution is -2.41. The molecule has 0 aliphatic rings. The zero-order valence-electron chi connectivity index (χ0n) is 14.4. The minimum Gasteiger partial charge on any atom is -0.380 e. The van der Waals surface area contributed by atoms with Crippen molar-refractivity contribution in [1.29, 1.82) is 0 Å². The number of hydrogen-bond acceptors (Lipinski definition) is 3. The molecule has 1 unspecified atom stereocenters. The molecule has 0 radical (unpaired) electrons. The Morgan fingerprint density at radius 1 is 1.08 bits per heavy atom. The van der Waals surface area contributed by atoms with Crippen LogP contribution in [0.2, 0.25) is 0 Å². The first-order valence-electron chi connectivity index (χ1n) is 8.01. The van der Waals surface area contributed by atoms with Gasteiger partial charge in [-0.15, -0.1) is 0 Å². The van der Waals surface area contributed by atoms with E-state index < -0.39 is 6.04 Å². The maximum atomic E-state index is 12.3. The Morgan fingerprint density at radius 3 is 2.48 bits per heavy atom. The van der Waals surface area contributed by atoms with Gasteiger partial charge in [0.1, 0.15) is 6.04 Å². The first-order chi connectivity index (χ1) is 12.1. The van der Waals surface area contributed by atoms with Crippen LogP contribution in [0.4, 0.5) is 5.69 Å². The van der Waals surface area contributed by atoms with Crippen LogP contribution in [0.25, 0.3) is 6.08 Å². The number of methoxy groups -OCH3 is 1. The van der Waals surface area contributed by atoms with Crippen LogP contribution in [-0.4, -0.2) is 25.0 Å². The fourth-order valence-corrected chi connectivity index (χ4v) is 2.23. The highest BCUT2D eigenvalue weighted by atomic mass is 16.5. The average molecular weight is 338 g/mol. The van der Waals surface area contributed by atoms with Crippen molar-refractivity contribution in [2.45, 2.75) is 19.6 Å². The highest BCUT2D eigenvalue weighted by Crippen LogP contribution is 2.16. The van der Waals surface area contributed by atoms with E-state index in [0.717, 1.165) is 11.1 Å². The Bertz CT molecular complexity index is 742. The lowest BCUT2D eigenvalue weighted by Gasteiger charge is -2.15. The molecule has 2 rings (SSSR count). The number of ether oxygens (including phenoxy) is 1. The number of anilines is 1. The fraction of sp³-hybridized carbons (Fsp3) is 0.200. The zero-order chi connectivity index (χ0) is 18.1. The number of benzene rings is 2. The molecular formula is C20H22N2O3. The number of nitrogens with one attached hydrogen (secondary N) is 2. The molecule has 2 aromatic carbocycles. The quantitative estimate of drug-likeness (QED) is 0.763. The standard InChI is InChI=1S/C20H22N2O3/c1-15(21-19(23)13-12-16-8-4-3-5-9-16)20(24)22-18-11-7-6-10-17(18)14-25-2/h3-13,15H,14H2,1-2H3,(H,21,23)(H,22,24). The van der Waals surface area contributed by atoms with Crippen molar-refractivity contribution in [2.75, 3.05) is 12.4 Å². The van der Waals surface area contributed by atoms with E-state index in [1.807, 2.05) is 48.5 Å². The predicted octanol–water partition coefficient (Wildman–Crippen LogP) is 2.99. The molecule has 2 aromatic rings. The molecule has 0 saturated heterocycles. The van der Waals surface area contributed by atoms with Crippen LogP contribution in [0.1, 0.15) is 18.1 Å². The van der Waals surface area contributed by atoms with Crippen LogP contribution in [0, 0.1) is 0 Å². The average Bonchev–Trinajstić information content (AvgIpc) is 2.62. The maximum absolute atomic E-state index is 12.3. The molecule has 2 amide bonds. The third-order valence-electron chi connectivity index (χ3n) is 3.55. The van der Waals surface area contributed by atoms with Crippen LogP contribution in [0.3, 0.4) is 0 Å². The van der Waals surface area contributed by atoms with Crippen molar-refractivity contribution < 1.29 is 14.3 Å².